The van der Waals surface area contributed by atoms with E-state index in [9.17, 15) is 0 Å². The summed E-state index contributed by atoms with van der Waals surface area (Å²) in [6, 6.07) is 52.0. The third-order valence-corrected chi connectivity index (χ3v) is 8.64. The van der Waals surface area contributed by atoms with Crippen molar-refractivity contribution in [3.63, 3.8) is 0 Å². The highest BCUT2D eigenvalue weighted by Crippen LogP contribution is 2.40. The lowest BCUT2D eigenvalue weighted by Gasteiger charge is -2.13. The number of para-hydroxylation sites is 3. The van der Waals surface area contributed by atoms with Crippen LogP contribution in [0.3, 0.4) is 0 Å². The van der Waals surface area contributed by atoms with Crippen molar-refractivity contribution in [3.8, 4) is 33.9 Å². The van der Waals surface area contributed by atoms with E-state index >= 15 is 0 Å². The Balaban J connectivity index is 1.33. The van der Waals surface area contributed by atoms with Gasteiger partial charge in [0.15, 0.2) is 5.82 Å². The largest absolute Gasteiger partial charge is 0.309 e. The maximum Gasteiger partial charge on any atom is 0.159 e. The van der Waals surface area contributed by atoms with Crippen LogP contribution >= 0.6 is 0 Å². The summed E-state index contributed by atoms with van der Waals surface area (Å²) in [4.78, 5) is 8.90. The van der Waals surface area contributed by atoms with Crippen LogP contribution in [-0.2, 0) is 0 Å². The minimum atomic E-state index is 0.724. The van der Waals surface area contributed by atoms with E-state index in [4.69, 9.17) is 0 Å². The summed E-state index contributed by atoms with van der Waals surface area (Å²) >= 11 is 0. The van der Waals surface area contributed by atoms with Gasteiger partial charge in [0, 0.05) is 56.4 Å². The Bertz CT molecular complexity index is 2420. The van der Waals surface area contributed by atoms with E-state index in [1.165, 1.54) is 49.2 Å². The Morgan fingerprint density at radius 2 is 1.00 bits per heavy atom. The first-order valence-electron chi connectivity index (χ1n) is 14.8. The molecule has 0 radical (unpaired) electrons. The highest BCUT2D eigenvalue weighted by molar-refractivity contribution is 6.15. The van der Waals surface area contributed by atoms with Gasteiger partial charge in [0.05, 0.1) is 22.1 Å². The predicted octanol–water partition coefficient (Wildman–Crippen LogP) is 10.0. The van der Waals surface area contributed by atoms with Crippen LogP contribution in [0.1, 0.15) is 0 Å². The van der Waals surface area contributed by atoms with Crippen molar-refractivity contribution in [2.75, 3.05) is 0 Å². The van der Waals surface area contributed by atoms with Gasteiger partial charge in [0.1, 0.15) is 0 Å². The lowest BCUT2D eigenvalue weighted by molar-refractivity contribution is 1.15. The van der Waals surface area contributed by atoms with Crippen LogP contribution in [0.4, 0.5) is 0 Å². The number of aromatic nitrogens is 4. The van der Waals surface area contributed by atoms with Gasteiger partial charge in [-0.2, -0.15) is 0 Å². The zero-order valence-electron chi connectivity index (χ0n) is 23.8. The molecule has 0 spiro atoms. The van der Waals surface area contributed by atoms with Crippen LogP contribution in [0, 0.1) is 0 Å². The molecule has 4 heteroatoms. The number of hydrogen-bond donors (Lipinski definition) is 0. The van der Waals surface area contributed by atoms with E-state index in [-0.39, 0.29) is 0 Å². The summed E-state index contributed by atoms with van der Waals surface area (Å²) in [6.07, 6.45) is 3.56. The average Bonchev–Trinajstić information content (AvgIpc) is 3.62. The van der Waals surface area contributed by atoms with Crippen molar-refractivity contribution in [3.05, 3.63) is 158 Å². The Hall–Kier alpha value is -6.00. The van der Waals surface area contributed by atoms with E-state index in [0.717, 1.165) is 28.3 Å². The Labute approximate surface area is 254 Å². The molecule has 9 aromatic rings. The quantitative estimate of drug-likeness (QED) is 0.214. The topological polar surface area (TPSA) is 35.6 Å². The van der Waals surface area contributed by atoms with Crippen molar-refractivity contribution >= 4 is 43.6 Å². The van der Waals surface area contributed by atoms with Gasteiger partial charge in [-0.15, -0.1) is 0 Å². The Kier molecular flexibility index (Phi) is 5.47. The molecule has 0 saturated carbocycles. The third kappa shape index (κ3) is 3.71. The fourth-order valence-corrected chi connectivity index (χ4v) is 6.72. The molecule has 0 amide bonds. The average molecular weight is 563 g/mol. The smallest absolute Gasteiger partial charge is 0.159 e. The molecule has 206 valence electrons. The number of rotatable bonds is 4. The number of benzene rings is 6. The summed E-state index contributed by atoms with van der Waals surface area (Å²) in [5.41, 5.74) is 10.4. The Morgan fingerprint density at radius 1 is 0.386 bits per heavy atom. The zero-order valence-corrected chi connectivity index (χ0v) is 23.8. The molecule has 3 aromatic heterocycles. The van der Waals surface area contributed by atoms with E-state index in [0.29, 0.717) is 0 Å². The van der Waals surface area contributed by atoms with Gasteiger partial charge < -0.3 is 9.13 Å². The second kappa shape index (κ2) is 9.79. The first-order chi connectivity index (χ1) is 21.8. The van der Waals surface area contributed by atoms with Crippen molar-refractivity contribution in [1.29, 1.82) is 0 Å². The molecule has 0 aliphatic rings. The SMILES string of the molecule is c1ccc(-c2cccc3c4cc(-n5c6ccccc6c6ccccc65)ccc4n(-c4ccc(-c5ncccn5)cc4)c23)cc1. The number of fused-ring (bicyclic) bond motifs is 6. The maximum atomic E-state index is 4.45. The molecule has 0 saturated heterocycles. The van der Waals surface area contributed by atoms with Crippen molar-refractivity contribution in [2.24, 2.45) is 0 Å². The van der Waals surface area contributed by atoms with E-state index in [1.54, 1.807) is 12.4 Å². The summed E-state index contributed by atoms with van der Waals surface area (Å²) in [5, 5.41) is 4.96. The van der Waals surface area contributed by atoms with Crippen LogP contribution in [0.25, 0.3) is 77.5 Å². The molecular weight excluding hydrogens is 536 g/mol. The molecule has 9 rings (SSSR count). The molecule has 0 atom stereocenters. The summed E-state index contributed by atoms with van der Waals surface area (Å²) < 4.78 is 4.79. The molecule has 0 bridgehead atoms. The van der Waals surface area contributed by atoms with Crippen LogP contribution in [-0.4, -0.2) is 19.1 Å². The molecule has 0 fully saturated rings. The maximum absolute atomic E-state index is 4.45. The molecule has 0 N–H and O–H groups in total. The summed E-state index contributed by atoms with van der Waals surface area (Å²) in [7, 11) is 0. The summed E-state index contributed by atoms with van der Waals surface area (Å²) in [6.45, 7) is 0. The van der Waals surface area contributed by atoms with Gasteiger partial charge in [0.25, 0.3) is 0 Å². The standard InChI is InChI=1S/C40H26N4/c1-2-10-27(11-3-1)31-14-8-15-34-35-26-30(43-36-16-6-4-12-32(36)33-13-5-7-17-37(33)43)22-23-38(35)44(39(31)34)29-20-18-28(19-21-29)40-41-24-9-25-42-40/h1-26H. The van der Waals surface area contributed by atoms with Gasteiger partial charge in [-0.1, -0.05) is 84.9 Å². The van der Waals surface area contributed by atoms with Crippen molar-refractivity contribution in [2.45, 2.75) is 0 Å². The van der Waals surface area contributed by atoms with Crippen LogP contribution < -0.4 is 0 Å². The first kappa shape index (κ1) is 24.6. The van der Waals surface area contributed by atoms with E-state index in [2.05, 4.69) is 159 Å². The molecule has 3 heterocycles. The molecule has 4 nitrogen and oxygen atoms in total. The fraction of sp³-hybridized carbons (Fsp3) is 0. The van der Waals surface area contributed by atoms with Gasteiger partial charge >= 0.3 is 0 Å². The van der Waals surface area contributed by atoms with Crippen LogP contribution in [0.5, 0.6) is 0 Å². The normalized spacial score (nSPS) is 11.6. The van der Waals surface area contributed by atoms with Gasteiger partial charge in [-0.25, -0.2) is 9.97 Å². The molecule has 0 aliphatic carbocycles. The highest BCUT2D eigenvalue weighted by atomic mass is 15.0. The second-order valence-corrected chi connectivity index (χ2v) is 11.1. The lowest BCUT2D eigenvalue weighted by atomic mass is 10.0. The zero-order chi connectivity index (χ0) is 29.0. The molecule has 44 heavy (non-hydrogen) atoms. The minimum absolute atomic E-state index is 0.724. The Morgan fingerprint density at radius 3 is 1.73 bits per heavy atom. The van der Waals surface area contributed by atoms with Crippen LogP contribution in [0.2, 0.25) is 0 Å². The van der Waals surface area contributed by atoms with Crippen LogP contribution in [0.15, 0.2) is 158 Å². The molecule has 0 unspecified atom stereocenters. The predicted molar refractivity (Wildman–Crippen MR) is 182 cm³/mol. The van der Waals surface area contributed by atoms with Gasteiger partial charge in [-0.05, 0) is 66.2 Å². The van der Waals surface area contributed by atoms with E-state index in [1.807, 2.05) is 6.07 Å². The van der Waals surface area contributed by atoms with Gasteiger partial charge in [-0.3, -0.25) is 0 Å². The summed E-state index contributed by atoms with van der Waals surface area (Å²) in [5.74, 6) is 0.724. The van der Waals surface area contributed by atoms with Gasteiger partial charge in [0.2, 0.25) is 0 Å². The fourth-order valence-electron chi connectivity index (χ4n) is 6.72. The number of nitrogens with zero attached hydrogens (tertiary/aromatic N) is 4. The monoisotopic (exact) mass is 562 g/mol. The van der Waals surface area contributed by atoms with Crippen molar-refractivity contribution < 1.29 is 0 Å². The minimum Gasteiger partial charge on any atom is -0.309 e. The molecule has 6 aromatic carbocycles. The first-order valence-corrected chi connectivity index (χ1v) is 14.8. The van der Waals surface area contributed by atoms with Crippen molar-refractivity contribution in [1.82, 2.24) is 19.1 Å². The second-order valence-electron chi connectivity index (χ2n) is 11.1. The highest BCUT2D eigenvalue weighted by Gasteiger charge is 2.19. The third-order valence-electron chi connectivity index (χ3n) is 8.64. The number of hydrogen-bond acceptors (Lipinski definition) is 2. The lowest BCUT2D eigenvalue weighted by Crippen LogP contribution is -1.97. The molecular formula is C40H26N4. The van der Waals surface area contributed by atoms with E-state index < -0.39 is 0 Å². The molecule has 0 aliphatic heterocycles.